The van der Waals surface area contributed by atoms with Crippen molar-refractivity contribution in [2.75, 3.05) is 19.0 Å². The normalized spacial score (nSPS) is 11.4. The third-order valence-corrected chi connectivity index (χ3v) is 4.26. The van der Waals surface area contributed by atoms with Gasteiger partial charge in [0, 0.05) is 18.7 Å². The van der Waals surface area contributed by atoms with Crippen molar-refractivity contribution in [2.45, 2.75) is 33.2 Å². The molecule has 2 aromatic rings. The van der Waals surface area contributed by atoms with Crippen LogP contribution in [0.25, 0.3) is 0 Å². The van der Waals surface area contributed by atoms with E-state index in [0.717, 1.165) is 28.1 Å². The Morgan fingerprint density at radius 2 is 1.78 bits per heavy atom. The summed E-state index contributed by atoms with van der Waals surface area (Å²) in [7, 11) is 1.61. The van der Waals surface area contributed by atoms with Gasteiger partial charge in [0.15, 0.2) is 0 Å². The highest BCUT2D eigenvalue weighted by Gasteiger charge is 2.10. The fourth-order valence-electron chi connectivity index (χ4n) is 2.68. The molecule has 1 unspecified atom stereocenters. The number of hydrogen-bond acceptors (Lipinski definition) is 3. The maximum absolute atomic E-state index is 12.0. The Morgan fingerprint density at radius 1 is 1.07 bits per heavy atom. The van der Waals surface area contributed by atoms with Crippen LogP contribution in [-0.2, 0) is 4.79 Å². The third-order valence-electron chi connectivity index (χ3n) is 4.26. The highest BCUT2D eigenvalue weighted by atomic mass is 16.5. The zero-order valence-electron chi connectivity index (χ0n) is 16.3. The van der Waals surface area contributed by atoms with Gasteiger partial charge in [-0.15, -0.1) is 0 Å². The number of carbonyl (C=O) groups excluding carboxylic acids is 2. The summed E-state index contributed by atoms with van der Waals surface area (Å²) in [5.41, 5.74) is 3.93. The summed E-state index contributed by atoms with van der Waals surface area (Å²) < 4.78 is 5.12. The van der Waals surface area contributed by atoms with E-state index >= 15 is 0 Å². The number of ether oxygens (including phenoxy) is 1. The molecular weight excluding hydrogens is 342 g/mol. The van der Waals surface area contributed by atoms with Gasteiger partial charge in [-0.3, -0.25) is 4.79 Å². The second-order valence-corrected chi connectivity index (χ2v) is 6.51. The van der Waals surface area contributed by atoms with Gasteiger partial charge < -0.3 is 20.7 Å². The third kappa shape index (κ3) is 6.33. The molecule has 0 bridgehead atoms. The van der Waals surface area contributed by atoms with Crippen molar-refractivity contribution in [3.05, 3.63) is 59.2 Å². The van der Waals surface area contributed by atoms with Gasteiger partial charge in [0.05, 0.1) is 13.2 Å². The minimum absolute atomic E-state index is 0.134. The van der Waals surface area contributed by atoms with E-state index in [-0.39, 0.29) is 30.9 Å². The van der Waals surface area contributed by atoms with E-state index in [0.29, 0.717) is 0 Å². The standard InChI is InChI=1S/C21H27N3O3/c1-14-5-10-19(15(2)13-14)24-20(25)11-12-22-21(26)23-16(3)17-6-8-18(27-4)9-7-17/h5-10,13,16H,11-12H2,1-4H3,(H,24,25)(H2,22,23,26). The predicted octanol–water partition coefficient (Wildman–Crippen LogP) is 3.70. The molecule has 0 aliphatic rings. The first-order valence-corrected chi connectivity index (χ1v) is 8.94. The molecule has 3 amide bonds. The molecule has 2 rings (SSSR count). The van der Waals surface area contributed by atoms with Crippen LogP contribution < -0.4 is 20.7 Å². The number of rotatable bonds is 7. The minimum Gasteiger partial charge on any atom is -0.497 e. The summed E-state index contributed by atoms with van der Waals surface area (Å²) in [6.07, 6.45) is 0.206. The lowest BCUT2D eigenvalue weighted by atomic mass is 10.1. The number of nitrogens with one attached hydrogen (secondary N) is 3. The van der Waals surface area contributed by atoms with Crippen LogP contribution in [0.4, 0.5) is 10.5 Å². The van der Waals surface area contributed by atoms with Gasteiger partial charge in [-0.05, 0) is 50.1 Å². The average molecular weight is 369 g/mol. The predicted molar refractivity (Wildman–Crippen MR) is 107 cm³/mol. The number of anilines is 1. The van der Waals surface area contributed by atoms with Crippen LogP contribution in [0, 0.1) is 13.8 Å². The lowest BCUT2D eigenvalue weighted by Crippen LogP contribution is -2.38. The Kier molecular flexibility index (Phi) is 7.23. The van der Waals surface area contributed by atoms with E-state index in [1.54, 1.807) is 7.11 Å². The first-order chi connectivity index (χ1) is 12.9. The second-order valence-electron chi connectivity index (χ2n) is 6.51. The van der Waals surface area contributed by atoms with Gasteiger partial charge in [0.2, 0.25) is 5.91 Å². The average Bonchev–Trinajstić information content (AvgIpc) is 2.64. The Bertz CT molecular complexity index is 788. The van der Waals surface area contributed by atoms with Crippen LogP contribution >= 0.6 is 0 Å². The summed E-state index contributed by atoms with van der Waals surface area (Å²) in [6.45, 7) is 6.12. The Morgan fingerprint density at radius 3 is 2.41 bits per heavy atom. The number of methoxy groups -OCH3 is 1. The molecular formula is C21H27N3O3. The number of benzene rings is 2. The van der Waals surface area contributed by atoms with E-state index < -0.39 is 0 Å². The molecule has 27 heavy (non-hydrogen) atoms. The quantitative estimate of drug-likeness (QED) is 0.696. The molecule has 0 aliphatic carbocycles. The van der Waals surface area contributed by atoms with E-state index in [4.69, 9.17) is 4.74 Å². The lowest BCUT2D eigenvalue weighted by molar-refractivity contribution is -0.116. The fourth-order valence-corrected chi connectivity index (χ4v) is 2.68. The van der Waals surface area contributed by atoms with Crippen molar-refractivity contribution < 1.29 is 14.3 Å². The summed E-state index contributed by atoms with van der Waals surface area (Å²) in [5.74, 6) is 0.635. The zero-order chi connectivity index (χ0) is 19.8. The van der Waals surface area contributed by atoms with Crippen molar-refractivity contribution >= 4 is 17.6 Å². The maximum atomic E-state index is 12.0. The van der Waals surface area contributed by atoms with Crippen LogP contribution in [0.15, 0.2) is 42.5 Å². The van der Waals surface area contributed by atoms with E-state index in [1.807, 2.05) is 63.2 Å². The summed E-state index contributed by atoms with van der Waals surface area (Å²) in [4.78, 5) is 24.0. The highest BCUT2D eigenvalue weighted by molar-refractivity contribution is 5.91. The Balaban J connectivity index is 1.73. The van der Waals surface area contributed by atoms with Crippen molar-refractivity contribution in [1.82, 2.24) is 10.6 Å². The topological polar surface area (TPSA) is 79.5 Å². The molecule has 0 spiro atoms. The lowest BCUT2D eigenvalue weighted by Gasteiger charge is -2.15. The largest absolute Gasteiger partial charge is 0.497 e. The SMILES string of the molecule is COc1ccc(C(C)NC(=O)NCCC(=O)Nc2ccc(C)cc2C)cc1. The van der Waals surface area contributed by atoms with E-state index in [9.17, 15) is 9.59 Å². The molecule has 0 fully saturated rings. The van der Waals surface area contributed by atoms with Crippen LogP contribution in [0.1, 0.15) is 36.1 Å². The minimum atomic E-state index is -0.308. The molecule has 1 atom stereocenters. The fraction of sp³-hybridized carbons (Fsp3) is 0.333. The van der Waals surface area contributed by atoms with Gasteiger partial charge in [-0.25, -0.2) is 4.79 Å². The van der Waals surface area contributed by atoms with Crippen molar-refractivity contribution in [3.8, 4) is 5.75 Å². The summed E-state index contributed by atoms with van der Waals surface area (Å²) in [5, 5.41) is 8.43. The molecule has 0 radical (unpaired) electrons. The zero-order valence-corrected chi connectivity index (χ0v) is 16.3. The van der Waals surface area contributed by atoms with Crippen LogP contribution in [0.2, 0.25) is 0 Å². The Labute approximate surface area is 160 Å². The molecule has 0 aliphatic heterocycles. The van der Waals surface area contributed by atoms with Crippen molar-refractivity contribution in [2.24, 2.45) is 0 Å². The van der Waals surface area contributed by atoms with Crippen LogP contribution in [0.5, 0.6) is 5.75 Å². The van der Waals surface area contributed by atoms with E-state index in [1.165, 1.54) is 0 Å². The molecule has 144 valence electrons. The molecule has 6 nitrogen and oxygen atoms in total. The summed E-state index contributed by atoms with van der Waals surface area (Å²) in [6, 6.07) is 12.9. The molecule has 3 N–H and O–H groups in total. The number of aryl methyl sites for hydroxylation is 2. The second kappa shape index (κ2) is 9.62. The van der Waals surface area contributed by atoms with Gasteiger partial charge in [0.25, 0.3) is 0 Å². The van der Waals surface area contributed by atoms with Crippen molar-refractivity contribution in [3.63, 3.8) is 0 Å². The first kappa shape index (κ1) is 20.3. The molecule has 0 saturated carbocycles. The smallest absolute Gasteiger partial charge is 0.315 e. The van der Waals surface area contributed by atoms with Gasteiger partial charge >= 0.3 is 6.03 Å². The van der Waals surface area contributed by atoms with Gasteiger partial charge in [0.1, 0.15) is 5.75 Å². The van der Waals surface area contributed by atoms with Crippen LogP contribution in [-0.4, -0.2) is 25.6 Å². The van der Waals surface area contributed by atoms with Gasteiger partial charge in [-0.1, -0.05) is 29.8 Å². The van der Waals surface area contributed by atoms with Gasteiger partial charge in [-0.2, -0.15) is 0 Å². The van der Waals surface area contributed by atoms with Crippen molar-refractivity contribution in [1.29, 1.82) is 0 Å². The number of carbonyl (C=O) groups is 2. The molecule has 0 aromatic heterocycles. The maximum Gasteiger partial charge on any atom is 0.315 e. The van der Waals surface area contributed by atoms with Crippen LogP contribution in [0.3, 0.4) is 0 Å². The molecule has 2 aromatic carbocycles. The summed E-state index contributed by atoms with van der Waals surface area (Å²) >= 11 is 0. The molecule has 0 saturated heterocycles. The monoisotopic (exact) mass is 369 g/mol. The number of urea groups is 1. The molecule has 0 heterocycles. The molecule has 6 heteroatoms. The first-order valence-electron chi connectivity index (χ1n) is 8.94. The van der Waals surface area contributed by atoms with E-state index in [2.05, 4.69) is 16.0 Å². The number of hydrogen-bond donors (Lipinski definition) is 3. The Hall–Kier alpha value is -3.02. The number of amides is 3. The highest BCUT2D eigenvalue weighted by Crippen LogP contribution is 2.17.